The monoisotopic (exact) mass is 417 g/mol. The first-order chi connectivity index (χ1) is 15.1. The molecule has 1 aromatic carbocycles. The Kier molecular flexibility index (Phi) is 5.09. The van der Waals surface area contributed by atoms with Gasteiger partial charge >= 0.3 is 0 Å². The van der Waals surface area contributed by atoms with Gasteiger partial charge in [0.05, 0.1) is 19.3 Å². The first kappa shape index (κ1) is 19.9. The zero-order valence-corrected chi connectivity index (χ0v) is 18.0. The second kappa shape index (κ2) is 7.92. The van der Waals surface area contributed by atoms with Crippen LogP contribution in [0.25, 0.3) is 0 Å². The van der Waals surface area contributed by atoms with Crippen LogP contribution in [0, 0.1) is 6.92 Å². The summed E-state index contributed by atoms with van der Waals surface area (Å²) in [7, 11) is 1.64. The van der Waals surface area contributed by atoms with Crippen molar-refractivity contribution < 1.29 is 9.57 Å². The molecule has 0 radical (unpaired) electrons. The van der Waals surface area contributed by atoms with E-state index < -0.39 is 5.54 Å². The average molecular weight is 418 g/mol. The highest BCUT2D eigenvalue weighted by Gasteiger charge is 2.59. The van der Waals surface area contributed by atoms with Crippen LogP contribution in [0.3, 0.4) is 0 Å². The third-order valence-corrected chi connectivity index (χ3v) is 6.31. The zero-order chi connectivity index (χ0) is 21.4. The van der Waals surface area contributed by atoms with Gasteiger partial charge in [0.2, 0.25) is 0 Å². The van der Waals surface area contributed by atoms with Gasteiger partial charge in [0.25, 0.3) is 0 Å². The molecule has 0 amide bonds. The van der Waals surface area contributed by atoms with Crippen LogP contribution in [-0.2, 0) is 16.2 Å². The number of rotatable bonds is 5. The van der Waals surface area contributed by atoms with Crippen molar-refractivity contribution in [2.24, 2.45) is 5.10 Å². The fourth-order valence-corrected chi connectivity index (χ4v) is 4.77. The fraction of sp³-hybridized carbons (Fsp3) is 0.333. The van der Waals surface area contributed by atoms with Gasteiger partial charge in [-0.2, -0.15) is 5.17 Å². The van der Waals surface area contributed by atoms with Gasteiger partial charge < -0.3 is 4.74 Å². The summed E-state index contributed by atoms with van der Waals surface area (Å²) in [6.07, 6.45) is 10.2. The number of hydroxylamine groups is 1. The van der Waals surface area contributed by atoms with E-state index in [2.05, 4.69) is 59.4 Å². The lowest BCUT2D eigenvalue weighted by atomic mass is 9.77. The lowest BCUT2D eigenvalue weighted by Gasteiger charge is -2.47. The third-order valence-electron chi connectivity index (χ3n) is 6.31. The predicted molar refractivity (Wildman–Crippen MR) is 118 cm³/mol. The minimum absolute atomic E-state index is 0.00327. The van der Waals surface area contributed by atoms with Crippen molar-refractivity contribution in [1.82, 2.24) is 20.4 Å². The summed E-state index contributed by atoms with van der Waals surface area (Å²) in [5.41, 5.74) is 3.82. The number of aromatic nitrogens is 1. The van der Waals surface area contributed by atoms with Gasteiger partial charge in [-0.1, -0.05) is 42.5 Å². The smallest absolute Gasteiger partial charge is 0.145 e. The van der Waals surface area contributed by atoms with Crippen molar-refractivity contribution in [2.45, 2.75) is 38.2 Å². The standard InChI is InChI=1S/C24H27N5O2/c1-17-14-25-13-11-20(17)22-24-12-7-10-21(31-15-19-8-5-4-6-9-19)23(24)27-29(30-3)16-28(24)18(2)26-22/h4-14,18,22,26H,15-16H2,1-3H3. The number of benzene rings is 1. The summed E-state index contributed by atoms with van der Waals surface area (Å²) in [4.78, 5) is 12.2. The molecule has 3 unspecified atom stereocenters. The van der Waals surface area contributed by atoms with E-state index in [1.165, 1.54) is 5.56 Å². The van der Waals surface area contributed by atoms with Crippen molar-refractivity contribution in [2.75, 3.05) is 13.8 Å². The Balaban J connectivity index is 1.57. The van der Waals surface area contributed by atoms with Crippen molar-refractivity contribution in [3.8, 4) is 0 Å². The Bertz CT molecular complexity index is 1050. The number of hydrogen-bond acceptors (Lipinski definition) is 7. The molecule has 1 aliphatic carbocycles. The summed E-state index contributed by atoms with van der Waals surface area (Å²) in [5.74, 6) is 0.755. The van der Waals surface area contributed by atoms with Crippen molar-refractivity contribution in [1.29, 1.82) is 0 Å². The van der Waals surface area contributed by atoms with Crippen molar-refractivity contribution in [3.05, 3.63) is 89.5 Å². The molecule has 1 N–H and O–H groups in total. The summed E-state index contributed by atoms with van der Waals surface area (Å²) in [5, 5.41) is 10.3. The molecule has 1 saturated heterocycles. The Hall–Kier alpha value is -3.00. The highest BCUT2D eigenvalue weighted by atomic mass is 16.7. The first-order valence-corrected chi connectivity index (χ1v) is 10.5. The molecule has 2 aliphatic heterocycles. The van der Waals surface area contributed by atoms with Crippen LogP contribution in [0.4, 0.5) is 0 Å². The molecule has 5 rings (SSSR count). The van der Waals surface area contributed by atoms with Crippen LogP contribution in [0.1, 0.15) is 29.7 Å². The Morgan fingerprint density at radius 1 is 1.23 bits per heavy atom. The number of allylic oxidation sites excluding steroid dienone is 2. The number of aryl methyl sites for hydroxylation is 1. The summed E-state index contributed by atoms with van der Waals surface area (Å²) < 4.78 is 6.31. The van der Waals surface area contributed by atoms with Crippen LogP contribution < -0.4 is 5.32 Å². The highest BCUT2D eigenvalue weighted by Crippen LogP contribution is 2.46. The van der Waals surface area contributed by atoms with Gasteiger partial charge in [0, 0.05) is 12.4 Å². The molecule has 3 atom stereocenters. The SMILES string of the molecule is CON1CN2C(C)NC(c3ccncc3C)C23C=CC=C(OCc2ccccc2)C3=N1. The summed E-state index contributed by atoms with van der Waals surface area (Å²) in [6, 6.07) is 12.3. The lowest BCUT2D eigenvalue weighted by Crippen LogP contribution is -2.61. The number of pyridine rings is 1. The van der Waals surface area contributed by atoms with E-state index in [0.717, 1.165) is 22.6 Å². The molecule has 1 spiro atoms. The summed E-state index contributed by atoms with van der Waals surface area (Å²) in [6.45, 7) is 5.30. The second-order valence-electron chi connectivity index (χ2n) is 8.09. The van der Waals surface area contributed by atoms with Gasteiger partial charge in [0.1, 0.15) is 30.3 Å². The average Bonchev–Trinajstić information content (AvgIpc) is 3.08. The van der Waals surface area contributed by atoms with Gasteiger partial charge in [-0.05, 0) is 42.7 Å². The molecule has 2 aromatic rings. The van der Waals surface area contributed by atoms with Crippen molar-refractivity contribution >= 4 is 5.71 Å². The van der Waals surface area contributed by atoms with Gasteiger partial charge in [-0.25, -0.2) is 0 Å². The molecule has 7 heteroatoms. The molecule has 1 aromatic heterocycles. The zero-order valence-electron chi connectivity index (χ0n) is 18.0. The fourth-order valence-electron chi connectivity index (χ4n) is 4.77. The van der Waals surface area contributed by atoms with E-state index >= 15 is 0 Å². The van der Waals surface area contributed by atoms with E-state index in [0.29, 0.717) is 13.3 Å². The third kappa shape index (κ3) is 3.26. The van der Waals surface area contributed by atoms with E-state index in [4.69, 9.17) is 14.7 Å². The molecule has 1 fully saturated rings. The van der Waals surface area contributed by atoms with Gasteiger partial charge in [-0.15, -0.1) is 5.10 Å². The minimum atomic E-state index is -0.485. The largest absolute Gasteiger partial charge is 0.487 e. The van der Waals surface area contributed by atoms with Gasteiger partial charge in [-0.3, -0.25) is 20.0 Å². The Morgan fingerprint density at radius 2 is 2.06 bits per heavy atom. The molecule has 7 nitrogen and oxygen atoms in total. The highest BCUT2D eigenvalue weighted by molar-refractivity contribution is 6.09. The van der Waals surface area contributed by atoms with Gasteiger partial charge in [0.15, 0.2) is 0 Å². The predicted octanol–water partition coefficient (Wildman–Crippen LogP) is 3.28. The van der Waals surface area contributed by atoms with E-state index in [9.17, 15) is 0 Å². The molecule has 0 bridgehead atoms. The maximum atomic E-state index is 6.31. The summed E-state index contributed by atoms with van der Waals surface area (Å²) >= 11 is 0. The molecular formula is C24H27N5O2. The first-order valence-electron chi connectivity index (χ1n) is 10.5. The molecule has 3 aliphatic rings. The van der Waals surface area contributed by atoms with Crippen LogP contribution in [-0.4, -0.2) is 46.3 Å². The van der Waals surface area contributed by atoms with Crippen LogP contribution in [0.5, 0.6) is 0 Å². The lowest BCUT2D eigenvalue weighted by molar-refractivity contribution is -0.174. The molecular weight excluding hydrogens is 390 g/mol. The maximum Gasteiger partial charge on any atom is 0.145 e. The number of hydrogen-bond donors (Lipinski definition) is 1. The van der Waals surface area contributed by atoms with Crippen LogP contribution in [0.15, 0.2) is 77.9 Å². The second-order valence-corrected chi connectivity index (χ2v) is 8.09. The van der Waals surface area contributed by atoms with E-state index in [1.54, 1.807) is 12.3 Å². The topological polar surface area (TPSA) is 62.2 Å². The molecule has 3 heterocycles. The Morgan fingerprint density at radius 3 is 2.84 bits per heavy atom. The van der Waals surface area contributed by atoms with E-state index in [-0.39, 0.29) is 12.2 Å². The number of ether oxygens (including phenoxy) is 1. The minimum Gasteiger partial charge on any atom is -0.487 e. The molecule has 160 valence electrons. The van der Waals surface area contributed by atoms with Crippen LogP contribution >= 0.6 is 0 Å². The number of hydrazone groups is 1. The van der Waals surface area contributed by atoms with Crippen molar-refractivity contribution in [3.63, 3.8) is 0 Å². The molecule has 31 heavy (non-hydrogen) atoms. The number of nitrogens with zero attached hydrogens (tertiary/aromatic N) is 4. The molecule has 0 saturated carbocycles. The quantitative estimate of drug-likeness (QED) is 0.806. The Labute approximate surface area is 182 Å². The number of nitrogens with one attached hydrogen (secondary N) is 1. The maximum absolute atomic E-state index is 6.31. The van der Waals surface area contributed by atoms with Crippen LogP contribution in [0.2, 0.25) is 0 Å². The van der Waals surface area contributed by atoms with E-state index in [1.807, 2.05) is 36.7 Å². The normalized spacial score (nSPS) is 27.4.